The van der Waals surface area contributed by atoms with Crippen molar-refractivity contribution in [3.05, 3.63) is 83.9 Å². The second kappa shape index (κ2) is 9.47. The van der Waals surface area contributed by atoms with Crippen molar-refractivity contribution >= 4 is 17.6 Å². The van der Waals surface area contributed by atoms with Crippen molar-refractivity contribution in [2.75, 3.05) is 26.7 Å². The molecule has 1 saturated heterocycles. The van der Waals surface area contributed by atoms with E-state index in [-0.39, 0.29) is 18.7 Å². The molecule has 0 saturated carbocycles. The van der Waals surface area contributed by atoms with Gasteiger partial charge in [0.15, 0.2) is 5.75 Å². The van der Waals surface area contributed by atoms with Gasteiger partial charge in [-0.1, -0.05) is 42.5 Å². The Balaban J connectivity index is 1.37. The summed E-state index contributed by atoms with van der Waals surface area (Å²) in [6.45, 7) is 4.08. The van der Waals surface area contributed by atoms with Crippen molar-refractivity contribution in [1.29, 1.82) is 0 Å². The van der Waals surface area contributed by atoms with Crippen molar-refractivity contribution in [3.63, 3.8) is 0 Å². The van der Waals surface area contributed by atoms with Crippen LogP contribution < -0.4 is 9.47 Å². The zero-order chi connectivity index (χ0) is 23.5. The lowest BCUT2D eigenvalue weighted by Crippen LogP contribution is -2.55. The van der Waals surface area contributed by atoms with Gasteiger partial charge in [0.1, 0.15) is 29.6 Å². The Morgan fingerprint density at radius 1 is 1.03 bits per heavy atom. The minimum Gasteiger partial charge on any atom is -0.497 e. The van der Waals surface area contributed by atoms with Gasteiger partial charge in [-0.25, -0.2) is 9.79 Å². The number of rotatable bonds is 3. The maximum atomic E-state index is 12.8. The van der Waals surface area contributed by atoms with Gasteiger partial charge in [0.2, 0.25) is 0 Å². The van der Waals surface area contributed by atoms with E-state index in [0.29, 0.717) is 25.4 Å². The van der Waals surface area contributed by atoms with Gasteiger partial charge in [0, 0.05) is 25.7 Å². The van der Waals surface area contributed by atoms with Gasteiger partial charge >= 0.3 is 6.09 Å². The largest absolute Gasteiger partial charge is 0.497 e. The van der Waals surface area contributed by atoms with E-state index in [2.05, 4.69) is 4.90 Å². The number of fused-ring (bicyclic) bond motifs is 2. The van der Waals surface area contributed by atoms with Crippen molar-refractivity contribution in [1.82, 2.24) is 9.80 Å². The van der Waals surface area contributed by atoms with Crippen LogP contribution in [0.5, 0.6) is 17.2 Å². The second-order valence-corrected chi connectivity index (χ2v) is 8.40. The smallest absolute Gasteiger partial charge is 0.410 e. The molecule has 0 N–H and O–H groups in total. The molecule has 5 rings (SSSR count). The number of methoxy groups -OCH3 is 1. The summed E-state index contributed by atoms with van der Waals surface area (Å²) in [6.07, 6.45) is -0.297. The standard InChI is InChI=1S/C27H27N3O4/c1-19-17-29(14-15-30(19)27(31)33-18-20-8-4-3-5-9-20)26-22-16-21(32-2)12-13-24(22)34-25-11-7-6-10-23(25)28-26/h3-13,16,19H,14-15,17-18H2,1-2H3/t19-/m1/s1. The number of carbonyl (C=O) groups is 1. The Bertz CT molecular complexity index is 1210. The number of amidine groups is 1. The quantitative estimate of drug-likeness (QED) is 0.539. The molecule has 34 heavy (non-hydrogen) atoms. The average molecular weight is 458 g/mol. The highest BCUT2D eigenvalue weighted by atomic mass is 16.6. The second-order valence-electron chi connectivity index (χ2n) is 8.40. The highest BCUT2D eigenvalue weighted by Crippen LogP contribution is 2.39. The van der Waals surface area contributed by atoms with Crippen LogP contribution in [-0.4, -0.2) is 54.5 Å². The third-order valence-corrected chi connectivity index (χ3v) is 6.11. The van der Waals surface area contributed by atoms with E-state index in [9.17, 15) is 4.79 Å². The number of ether oxygens (including phenoxy) is 3. The summed E-state index contributed by atoms with van der Waals surface area (Å²) in [7, 11) is 1.65. The van der Waals surface area contributed by atoms with Gasteiger partial charge in [-0.15, -0.1) is 0 Å². The lowest BCUT2D eigenvalue weighted by atomic mass is 10.1. The zero-order valence-corrected chi connectivity index (χ0v) is 19.3. The van der Waals surface area contributed by atoms with E-state index in [0.717, 1.165) is 34.1 Å². The summed E-state index contributed by atoms with van der Waals surface area (Å²) in [6, 6.07) is 23.2. The van der Waals surface area contributed by atoms with Gasteiger partial charge in [-0.2, -0.15) is 0 Å². The SMILES string of the molecule is COc1ccc2c(c1)C(N1CCN(C(=O)OCc3ccccc3)[C@H](C)C1)=Nc1ccccc1O2. The van der Waals surface area contributed by atoms with E-state index in [1.54, 1.807) is 12.0 Å². The summed E-state index contributed by atoms with van der Waals surface area (Å²) < 4.78 is 17.2. The van der Waals surface area contributed by atoms with Gasteiger partial charge in [-0.05, 0) is 42.8 Å². The Morgan fingerprint density at radius 3 is 2.62 bits per heavy atom. The van der Waals surface area contributed by atoms with Gasteiger partial charge < -0.3 is 24.0 Å². The molecule has 0 aliphatic carbocycles. The minimum atomic E-state index is -0.297. The van der Waals surface area contributed by atoms with Crippen LogP contribution in [0.15, 0.2) is 77.8 Å². The summed E-state index contributed by atoms with van der Waals surface area (Å²) in [4.78, 5) is 21.8. The first kappa shape index (κ1) is 21.8. The molecule has 1 fully saturated rings. The van der Waals surface area contributed by atoms with Crippen LogP contribution in [-0.2, 0) is 11.3 Å². The Kier molecular flexibility index (Phi) is 6.08. The van der Waals surface area contributed by atoms with E-state index in [4.69, 9.17) is 19.2 Å². The monoisotopic (exact) mass is 457 g/mol. The number of aliphatic imine (C=N–C) groups is 1. The molecule has 3 aromatic carbocycles. The van der Waals surface area contributed by atoms with Crippen LogP contribution in [0.4, 0.5) is 10.5 Å². The number of piperazine rings is 1. The number of carbonyl (C=O) groups excluding carboxylic acids is 1. The molecular weight excluding hydrogens is 430 g/mol. The molecule has 2 aliphatic heterocycles. The summed E-state index contributed by atoms with van der Waals surface area (Å²) >= 11 is 0. The highest BCUT2D eigenvalue weighted by Gasteiger charge is 2.32. The third kappa shape index (κ3) is 4.41. The van der Waals surface area contributed by atoms with Crippen molar-refractivity contribution in [2.45, 2.75) is 19.6 Å². The van der Waals surface area contributed by atoms with Crippen LogP contribution in [0, 0.1) is 0 Å². The molecule has 0 unspecified atom stereocenters. The fourth-order valence-corrected chi connectivity index (χ4v) is 4.29. The molecule has 7 heteroatoms. The number of para-hydroxylation sites is 2. The molecule has 0 spiro atoms. The molecule has 1 atom stereocenters. The number of amides is 1. The third-order valence-electron chi connectivity index (χ3n) is 6.11. The number of nitrogens with zero attached hydrogens (tertiary/aromatic N) is 3. The van der Waals surface area contributed by atoms with Crippen molar-refractivity contribution in [2.24, 2.45) is 4.99 Å². The molecule has 0 radical (unpaired) electrons. The Labute approximate surface area is 199 Å². The molecule has 3 aromatic rings. The van der Waals surface area contributed by atoms with E-state index in [1.807, 2.05) is 79.7 Å². The fraction of sp³-hybridized carbons (Fsp3) is 0.259. The minimum absolute atomic E-state index is 0.0480. The average Bonchev–Trinajstić information content (AvgIpc) is 3.04. The van der Waals surface area contributed by atoms with Crippen molar-refractivity contribution in [3.8, 4) is 17.2 Å². The number of hydrogen-bond acceptors (Lipinski definition) is 6. The zero-order valence-electron chi connectivity index (χ0n) is 19.3. The van der Waals surface area contributed by atoms with Gasteiger partial charge in [0.05, 0.1) is 12.7 Å². The molecule has 2 heterocycles. The summed E-state index contributed by atoms with van der Waals surface area (Å²) in [5.74, 6) is 2.97. The van der Waals surface area contributed by atoms with Crippen LogP contribution >= 0.6 is 0 Å². The van der Waals surface area contributed by atoms with Gasteiger partial charge in [-0.3, -0.25) is 0 Å². The molecule has 174 valence electrons. The lowest BCUT2D eigenvalue weighted by molar-refractivity contribution is 0.0624. The molecule has 7 nitrogen and oxygen atoms in total. The first-order valence-electron chi connectivity index (χ1n) is 11.4. The van der Waals surface area contributed by atoms with Crippen molar-refractivity contribution < 1.29 is 19.0 Å². The topological polar surface area (TPSA) is 63.6 Å². The number of benzene rings is 3. The molecule has 0 aromatic heterocycles. The lowest BCUT2D eigenvalue weighted by Gasteiger charge is -2.40. The van der Waals surface area contributed by atoms with E-state index in [1.165, 1.54) is 0 Å². The van der Waals surface area contributed by atoms with Crippen LogP contribution in [0.25, 0.3) is 0 Å². The van der Waals surface area contributed by atoms with Gasteiger partial charge in [0.25, 0.3) is 0 Å². The highest BCUT2D eigenvalue weighted by molar-refractivity contribution is 6.04. The first-order valence-corrected chi connectivity index (χ1v) is 11.4. The maximum Gasteiger partial charge on any atom is 0.410 e. The molecular formula is C27H27N3O4. The fourth-order valence-electron chi connectivity index (χ4n) is 4.29. The van der Waals surface area contributed by atoms with E-state index < -0.39 is 0 Å². The maximum absolute atomic E-state index is 12.8. The molecule has 0 bridgehead atoms. The normalized spacial score (nSPS) is 17.0. The van der Waals surface area contributed by atoms with Crippen LogP contribution in [0.2, 0.25) is 0 Å². The predicted octanol–water partition coefficient (Wildman–Crippen LogP) is 5.22. The van der Waals surface area contributed by atoms with E-state index >= 15 is 0 Å². The Morgan fingerprint density at radius 2 is 1.82 bits per heavy atom. The predicted molar refractivity (Wildman–Crippen MR) is 130 cm³/mol. The number of hydrogen-bond donors (Lipinski definition) is 0. The first-order chi connectivity index (χ1) is 16.6. The molecule has 1 amide bonds. The van der Waals surface area contributed by atoms with Crippen LogP contribution in [0.3, 0.4) is 0 Å². The van der Waals surface area contributed by atoms with Crippen LogP contribution in [0.1, 0.15) is 18.1 Å². The Hall–Kier alpha value is -4.00. The molecule has 2 aliphatic rings. The summed E-state index contributed by atoms with van der Waals surface area (Å²) in [5, 5.41) is 0. The summed E-state index contributed by atoms with van der Waals surface area (Å²) in [5.41, 5.74) is 2.60.